The molecule has 0 aliphatic carbocycles. The molecule has 5 nitrogen and oxygen atoms in total. The Hall–Kier alpha value is -0.910. The van der Waals surface area contributed by atoms with Crippen molar-refractivity contribution in [3.8, 4) is 0 Å². The van der Waals surface area contributed by atoms with Gasteiger partial charge in [-0.05, 0) is 19.0 Å². The smallest absolute Gasteiger partial charge is 0.0826 e. The van der Waals surface area contributed by atoms with Crippen LogP contribution in [0.2, 0.25) is 0 Å². The van der Waals surface area contributed by atoms with Crippen molar-refractivity contribution in [2.45, 2.75) is 32.9 Å². The SMILES string of the molecule is CCc1cc(CNCC2CN(CC)CCO2)n(C)n1. The highest BCUT2D eigenvalue weighted by atomic mass is 16.5. The number of nitrogens with zero attached hydrogens (tertiary/aromatic N) is 3. The number of likely N-dealkylation sites (N-methyl/N-ethyl adjacent to an activating group) is 1. The number of ether oxygens (including phenoxy) is 1. The lowest BCUT2D eigenvalue weighted by Gasteiger charge is -2.32. The van der Waals surface area contributed by atoms with Gasteiger partial charge in [0.25, 0.3) is 0 Å². The van der Waals surface area contributed by atoms with Crippen LogP contribution in [0.5, 0.6) is 0 Å². The molecule has 2 heterocycles. The number of hydrogen-bond donors (Lipinski definition) is 1. The van der Waals surface area contributed by atoms with Crippen molar-refractivity contribution < 1.29 is 4.74 Å². The molecule has 0 radical (unpaired) electrons. The minimum Gasteiger partial charge on any atom is -0.374 e. The normalized spacial score (nSPS) is 20.9. The number of rotatable bonds is 6. The van der Waals surface area contributed by atoms with Gasteiger partial charge in [-0.2, -0.15) is 5.10 Å². The molecule has 1 aliphatic rings. The fourth-order valence-electron chi connectivity index (χ4n) is 2.46. The molecule has 5 heteroatoms. The van der Waals surface area contributed by atoms with Crippen LogP contribution in [0.3, 0.4) is 0 Å². The molecule has 2 rings (SSSR count). The van der Waals surface area contributed by atoms with Gasteiger partial charge in [0.1, 0.15) is 0 Å². The summed E-state index contributed by atoms with van der Waals surface area (Å²) in [6.07, 6.45) is 1.30. The van der Waals surface area contributed by atoms with Crippen LogP contribution in [0.25, 0.3) is 0 Å². The molecule has 19 heavy (non-hydrogen) atoms. The predicted molar refractivity (Wildman–Crippen MR) is 76.1 cm³/mol. The van der Waals surface area contributed by atoms with E-state index in [0.29, 0.717) is 6.10 Å². The molecule has 1 aromatic rings. The third kappa shape index (κ3) is 4.03. The molecule has 0 spiro atoms. The maximum absolute atomic E-state index is 5.78. The summed E-state index contributed by atoms with van der Waals surface area (Å²) < 4.78 is 7.74. The number of hydrogen-bond acceptors (Lipinski definition) is 4. The Morgan fingerprint density at radius 1 is 1.47 bits per heavy atom. The second-order valence-electron chi connectivity index (χ2n) is 5.12. The highest BCUT2D eigenvalue weighted by Gasteiger charge is 2.18. The van der Waals surface area contributed by atoms with Gasteiger partial charge in [0, 0.05) is 33.2 Å². The Kier molecular flexibility index (Phi) is 5.36. The second-order valence-corrected chi connectivity index (χ2v) is 5.12. The largest absolute Gasteiger partial charge is 0.374 e. The minimum atomic E-state index is 0.313. The van der Waals surface area contributed by atoms with Crippen molar-refractivity contribution in [3.05, 3.63) is 17.5 Å². The highest BCUT2D eigenvalue weighted by Crippen LogP contribution is 2.06. The number of aromatic nitrogens is 2. The summed E-state index contributed by atoms with van der Waals surface area (Å²) in [6, 6.07) is 2.17. The van der Waals surface area contributed by atoms with Crippen LogP contribution in [0.4, 0.5) is 0 Å². The van der Waals surface area contributed by atoms with E-state index in [0.717, 1.165) is 51.4 Å². The van der Waals surface area contributed by atoms with Crippen molar-refractivity contribution in [3.63, 3.8) is 0 Å². The summed E-state index contributed by atoms with van der Waals surface area (Å²) in [4.78, 5) is 2.44. The molecule has 0 aromatic carbocycles. The average Bonchev–Trinajstić information content (AvgIpc) is 2.80. The summed E-state index contributed by atoms with van der Waals surface area (Å²) in [6.45, 7) is 10.2. The number of aryl methyl sites for hydroxylation is 2. The van der Waals surface area contributed by atoms with Gasteiger partial charge < -0.3 is 10.1 Å². The monoisotopic (exact) mass is 266 g/mol. The topological polar surface area (TPSA) is 42.3 Å². The van der Waals surface area contributed by atoms with E-state index in [1.54, 1.807) is 0 Å². The minimum absolute atomic E-state index is 0.313. The molecule has 0 amide bonds. The molecular weight excluding hydrogens is 240 g/mol. The van der Waals surface area contributed by atoms with Crippen LogP contribution >= 0.6 is 0 Å². The first-order valence-electron chi connectivity index (χ1n) is 7.29. The Morgan fingerprint density at radius 2 is 2.32 bits per heavy atom. The van der Waals surface area contributed by atoms with E-state index in [4.69, 9.17) is 4.74 Å². The molecule has 0 bridgehead atoms. The van der Waals surface area contributed by atoms with Crippen molar-refractivity contribution in [2.24, 2.45) is 7.05 Å². The molecule has 1 fully saturated rings. The third-order valence-corrected chi connectivity index (χ3v) is 3.74. The van der Waals surface area contributed by atoms with E-state index in [1.165, 1.54) is 5.69 Å². The van der Waals surface area contributed by atoms with E-state index in [2.05, 4.69) is 35.2 Å². The first-order valence-corrected chi connectivity index (χ1v) is 7.29. The number of nitrogens with one attached hydrogen (secondary N) is 1. The maximum atomic E-state index is 5.78. The van der Waals surface area contributed by atoms with Gasteiger partial charge in [-0.25, -0.2) is 0 Å². The molecular formula is C14H26N4O. The molecule has 0 saturated carbocycles. The fraction of sp³-hybridized carbons (Fsp3) is 0.786. The van der Waals surface area contributed by atoms with Crippen LogP contribution in [0, 0.1) is 0 Å². The average molecular weight is 266 g/mol. The van der Waals surface area contributed by atoms with E-state index in [1.807, 2.05) is 11.7 Å². The Bertz CT molecular complexity index is 391. The van der Waals surface area contributed by atoms with Gasteiger partial charge in [0.15, 0.2) is 0 Å². The lowest BCUT2D eigenvalue weighted by Crippen LogP contribution is -2.46. The van der Waals surface area contributed by atoms with Gasteiger partial charge in [-0.15, -0.1) is 0 Å². The van der Waals surface area contributed by atoms with Crippen LogP contribution in [-0.4, -0.2) is 53.6 Å². The molecule has 1 aromatic heterocycles. The van der Waals surface area contributed by atoms with Crippen molar-refractivity contribution in [2.75, 3.05) is 32.8 Å². The Balaban J connectivity index is 1.75. The standard InChI is InChI=1S/C14H26N4O/c1-4-12-8-13(17(3)16-12)9-15-10-14-11-18(5-2)6-7-19-14/h8,14-15H,4-7,9-11H2,1-3H3. The Labute approximate surface area is 115 Å². The fourth-order valence-corrected chi connectivity index (χ4v) is 2.46. The van der Waals surface area contributed by atoms with Crippen molar-refractivity contribution >= 4 is 0 Å². The van der Waals surface area contributed by atoms with Crippen LogP contribution < -0.4 is 5.32 Å². The van der Waals surface area contributed by atoms with Gasteiger partial charge in [0.05, 0.1) is 24.1 Å². The van der Waals surface area contributed by atoms with E-state index >= 15 is 0 Å². The lowest BCUT2D eigenvalue weighted by atomic mass is 10.2. The zero-order valence-corrected chi connectivity index (χ0v) is 12.4. The zero-order chi connectivity index (χ0) is 13.7. The van der Waals surface area contributed by atoms with Crippen LogP contribution in [0.1, 0.15) is 25.2 Å². The summed E-state index contributed by atoms with van der Waals surface area (Å²) in [5.41, 5.74) is 2.39. The first-order chi connectivity index (χ1) is 9.22. The lowest BCUT2D eigenvalue weighted by molar-refractivity contribution is -0.0254. The van der Waals surface area contributed by atoms with Crippen molar-refractivity contribution in [1.82, 2.24) is 20.0 Å². The van der Waals surface area contributed by atoms with Gasteiger partial charge >= 0.3 is 0 Å². The quantitative estimate of drug-likeness (QED) is 0.827. The summed E-state index contributed by atoms with van der Waals surface area (Å²) >= 11 is 0. The summed E-state index contributed by atoms with van der Waals surface area (Å²) in [5, 5.41) is 7.94. The molecule has 1 aliphatic heterocycles. The van der Waals surface area contributed by atoms with E-state index in [-0.39, 0.29) is 0 Å². The summed E-state index contributed by atoms with van der Waals surface area (Å²) in [7, 11) is 2.01. The van der Waals surface area contributed by atoms with Crippen LogP contribution in [-0.2, 0) is 24.8 Å². The van der Waals surface area contributed by atoms with E-state index < -0.39 is 0 Å². The first kappa shape index (κ1) is 14.5. The summed E-state index contributed by atoms with van der Waals surface area (Å²) in [5.74, 6) is 0. The molecule has 108 valence electrons. The predicted octanol–water partition coefficient (Wildman–Crippen LogP) is 0.793. The molecule has 1 unspecified atom stereocenters. The highest BCUT2D eigenvalue weighted by molar-refractivity contribution is 5.09. The van der Waals surface area contributed by atoms with Crippen LogP contribution in [0.15, 0.2) is 6.07 Å². The van der Waals surface area contributed by atoms with Gasteiger partial charge in [0.2, 0.25) is 0 Å². The molecule has 1 atom stereocenters. The zero-order valence-electron chi connectivity index (χ0n) is 12.4. The maximum Gasteiger partial charge on any atom is 0.0826 e. The second kappa shape index (κ2) is 7.03. The van der Waals surface area contributed by atoms with E-state index in [9.17, 15) is 0 Å². The van der Waals surface area contributed by atoms with Gasteiger partial charge in [-0.1, -0.05) is 13.8 Å². The Morgan fingerprint density at radius 3 is 3.00 bits per heavy atom. The van der Waals surface area contributed by atoms with Gasteiger partial charge in [-0.3, -0.25) is 9.58 Å². The number of morpholine rings is 1. The molecule has 1 N–H and O–H groups in total. The third-order valence-electron chi connectivity index (χ3n) is 3.74. The van der Waals surface area contributed by atoms with Crippen molar-refractivity contribution in [1.29, 1.82) is 0 Å². The molecule has 1 saturated heterocycles.